The van der Waals surface area contributed by atoms with E-state index in [4.69, 9.17) is 0 Å². The van der Waals surface area contributed by atoms with Gasteiger partial charge in [-0.2, -0.15) is 0 Å². The Hall–Kier alpha value is -1.87. The number of nitrogens with zero attached hydrogens (tertiary/aromatic N) is 2. The first-order chi connectivity index (χ1) is 10.5. The van der Waals surface area contributed by atoms with Crippen molar-refractivity contribution in [3.63, 3.8) is 0 Å². The van der Waals surface area contributed by atoms with Gasteiger partial charge in [-0.3, -0.25) is 19.5 Å². The minimum Gasteiger partial charge on any atom is -0.465 e. The number of thioether (sulfide) groups is 1. The molecule has 22 heavy (non-hydrogen) atoms. The lowest BCUT2D eigenvalue weighted by Crippen LogP contribution is -2.30. The number of methoxy groups -OCH3 is 1. The summed E-state index contributed by atoms with van der Waals surface area (Å²) in [6, 6.07) is 1.58. The van der Waals surface area contributed by atoms with Crippen LogP contribution in [0.3, 0.4) is 0 Å². The maximum Gasteiger partial charge on any atom is 0.340 e. The van der Waals surface area contributed by atoms with Crippen LogP contribution in [0.15, 0.2) is 16.4 Å². The van der Waals surface area contributed by atoms with Crippen LogP contribution in [0, 0.1) is 0 Å². The third-order valence-electron chi connectivity index (χ3n) is 3.03. The molecule has 1 aliphatic heterocycles. The van der Waals surface area contributed by atoms with Crippen LogP contribution in [-0.4, -0.2) is 54.3 Å². The summed E-state index contributed by atoms with van der Waals surface area (Å²) in [5, 5.41) is 4.86. The predicted octanol–water partition coefficient (Wildman–Crippen LogP) is 1.42. The van der Waals surface area contributed by atoms with E-state index in [1.54, 1.807) is 25.5 Å². The number of amides is 2. The van der Waals surface area contributed by atoms with E-state index in [0.717, 1.165) is 0 Å². The van der Waals surface area contributed by atoms with Crippen molar-refractivity contribution in [2.75, 3.05) is 26.5 Å². The van der Waals surface area contributed by atoms with Crippen molar-refractivity contribution >= 4 is 51.1 Å². The Balaban J connectivity index is 2.01. The number of anilines is 1. The van der Waals surface area contributed by atoms with Crippen LogP contribution in [0.2, 0.25) is 0 Å². The Bertz CT molecular complexity index is 641. The third-order valence-corrected chi connectivity index (χ3v) is 5.18. The smallest absolute Gasteiger partial charge is 0.340 e. The Morgan fingerprint density at radius 3 is 2.82 bits per heavy atom. The largest absolute Gasteiger partial charge is 0.465 e. The fraction of sp³-hybridized carbons (Fsp3) is 0.385. The number of esters is 1. The van der Waals surface area contributed by atoms with E-state index in [1.165, 1.54) is 35.1 Å². The van der Waals surface area contributed by atoms with E-state index in [9.17, 15) is 14.4 Å². The lowest BCUT2D eigenvalue weighted by Gasteiger charge is -2.09. The van der Waals surface area contributed by atoms with Crippen LogP contribution >= 0.6 is 23.1 Å². The van der Waals surface area contributed by atoms with Gasteiger partial charge in [0.2, 0.25) is 11.8 Å². The molecule has 2 heterocycles. The summed E-state index contributed by atoms with van der Waals surface area (Å²) in [6.07, 6.45) is 0.0192. The number of hydrogen-bond donors (Lipinski definition) is 1. The van der Waals surface area contributed by atoms with Gasteiger partial charge in [0.1, 0.15) is 10.3 Å². The van der Waals surface area contributed by atoms with Gasteiger partial charge in [-0.15, -0.1) is 11.3 Å². The molecule has 1 atom stereocenters. The second kappa shape index (κ2) is 6.93. The molecule has 1 aromatic rings. The lowest BCUT2D eigenvalue weighted by molar-refractivity contribution is -0.127. The molecular weight excluding hydrogens is 326 g/mol. The van der Waals surface area contributed by atoms with Crippen LogP contribution in [0.1, 0.15) is 16.8 Å². The summed E-state index contributed by atoms with van der Waals surface area (Å²) in [4.78, 5) is 41.1. The van der Waals surface area contributed by atoms with Crippen molar-refractivity contribution in [2.45, 2.75) is 11.7 Å². The van der Waals surface area contributed by atoms with E-state index in [0.29, 0.717) is 15.7 Å². The van der Waals surface area contributed by atoms with Crippen molar-refractivity contribution in [1.29, 1.82) is 0 Å². The Labute approximate surface area is 135 Å². The first kappa shape index (κ1) is 16.5. The molecule has 0 radical (unpaired) electrons. The number of hydrogen-bond acceptors (Lipinski definition) is 7. The number of nitrogens with one attached hydrogen (secondary N) is 1. The van der Waals surface area contributed by atoms with E-state index in [2.05, 4.69) is 15.0 Å². The molecule has 0 bridgehead atoms. The Morgan fingerprint density at radius 2 is 2.23 bits per heavy atom. The number of rotatable bonds is 4. The van der Waals surface area contributed by atoms with Gasteiger partial charge < -0.3 is 10.1 Å². The standard InChI is InChI=1S/C13H15N3O4S2/c1-14-13-16(2)11(18)8(22-13)6-9(17)15-10-7(4-5-21-10)12(19)20-3/h4-5,8H,6H2,1-3H3,(H,15,17)/t8-/m1/s1. The van der Waals surface area contributed by atoms with Gasteiger partial charge in [0.15, 0.2) is 5.17 Å². The predicted molar refractivity (Wildman–Crippen MR) is 86.4 cm³/mol. The highest BCUT2D eigenvalue weighted by molar-refractivity contribution is 8.15. The minimum atomic E-state index is -0.511. The molecule has 1 saturated heterocycles. The van der Waals surface area contributed by atoms with E-state index in [-0.39, 0.29) is 18.2 Å². The maximum absolute atomic E-state index is 12.1. The van der Waals surface area contributed by atoms with E-state index >= 15 is 0 Å². The van der Waals surface area contributed by atoms with Crippen molar-refractivity contribution in [3.8, 4) is 0 Å². The van der Waals surface area contributed by atoms with Crippen LogP contribution in [0.5, 0.6) is 0 Å². The Kier molecular flexibility index (Phi) is 5.19. The van der Waals surface area contributed by atoms with Crippen LogP contribution in [0.4, 0.5) is 5.00 Å². The highest BCUT2D eigenvalue weighted by atomic mass is 32.2. The number of thiophene rings is 1. The van der Waals surface area contributed by atoms with Crippen molar-refractivity contribution in [2.24, 2.45) is 4.99 Å². The zero-order valence-corrected chi connectivity index (χ0v) is 13.9. The lowest BCUT2D eigenvalue weighted by atomic mass is 10.2. The molecule has 7 nitrogen and oxygen atoms in total. The number of carbonyl (C=O) groups excluding carboxylic acids is 3. The van der Waals surface area contributed by atoms with Crippen molar-refractivity contribution < 1.29 is 19.1 Å². The highest BCUT2D eigenvalue weighted by Gasteiger charge is 2.36. The number of aliphatic imine (C=N–C) groups is 1. The van der Waals surface area contributed by atoms with Gasteiger partial charge in [-0.05, 0) is 11.4 Å². The van der Waals surface area contributed by atoms with Gasteiger partial charge >= 0.3 is 5.97 Å². The molecular formula is C13H15N3O4S2. The van der Waals surface area contributed by atoms with Gasteiger partial charge in [-0.1, -0.05) is 11.8 Å². The molecule has 1 aliphatic rings. The molecule has 2 rings (SSSR count). The molecule has 2 amide bonds. The fourth-order valence-electron chi connectivity index (χ4n) is 1.92. The molecule has 1 N–H and O–H groups in total. The van der Waals surface area contributed by atoms with Crippen molar-refractivity contribution in [3.05, 3.63) is 17.0 Å². The number of amidine groups is 1. The highest BCUT2D eigenvalue weighted by Crippen LogP contribution is 2.29. The first-order valence-corrected chi connectivity index (χ1v) is 8.10. The zero-order valence-electron chi connectivity index (χ0n) is 12.3. The van der Waals surface area contributed by atoms with Gasteiger partial charge in [-0.25, -0.2) is 4.79 Å². The van der Waals surface area contributed by atoms with Gasteiger partial charge in [0.25, 0.3) is 0 Å². The van der Waals surface area contributed by atoms with Crippen molar-refractivity contribution in [1.82, 2.24) is 4.90 Å². The second-order valence-electron chi connectivity index (χ2n) is 4.42. The van der Waals surface area contributed by atoms with Gasteiger partial charge in [0.05, 0.1) is 12.7 Å². The van der Waals surface area contributed by atoms with Crippen LogP contribution in [-0.2, 0) is 14.3 Å². The summed E-state index contributed by atoms with van der Waals surface area (Å²) < 4.78 is 4.65. The molecule has 0 aliphatic carbocycles. The summed E-state index contributed by atoms with van der Waals surface area (Å²) in [5.41, 5.74) is 0.305. The number of ether oxygens (including phenoxy) is 1. The molecule has 118 valence electrons. The fourth-order valence-corrected chi connectivity index (χ4v) is 3.81. The average Bonchev–Trinajstić information content (AvgIpc) is 3.06. The first-order valence-electron chi connectivity index (χ1n) is 6.34. The summed E-state index contributed by atoms with van der Waals surface area (Å²) in [7, 11) is 4.51. The summed E-state index contributed by atoms with van der Waals surface area (Å²) in [5.74, 6) is -0.993. The topological polar surface area (TPSA) is 88.1 Å². The molecule has 0 unspecified atom stereocenters. The second-order valence-corrected chi connectivity index (χ2v) is 6.50. The number of carbonyl (C=O) groups is 3. The third kappa shape index (κ3) is 3.30. The minimum absolute atomic E-state index is 0.0192. The Morgan fingerprint density at radius 1 is 1.50 bits per heavy atom. The average molecular weight is 341 g/mol. The van der Waals surface area contributed by atoms with Crippen LogP contribution < -0.4 is 5.32 Å². The monoisotopic (exact) mass is 341 g/mol. The SMILES string of the molecule is CN=C1S[C@H](CC(=O)Nc2sccc2C(=O)OC)C(=O)N1C. The maximum atomic E-state index is 12.1. The molecule has 0 saturated carbocycles. The van der Waals surface area contributed by atoms with E-state index < -0.39 is 11.2 Å². The quantitative estimate of drug-likeness (QED) is 0.837. The van der Waals surface area contributed by atoms with E-state index in [1.807, 2.05) is 0 Å². The zero-order chi connectivity index (χ0) is 16.3. The van der Waals surface area contributed by atoms with Gasteiger partial charge in [0, 0.05) is 20.5 Å². The molecule has 0 spiro atoms. The molecule has 1 fully saturated rings. The summed E-state index contributed by atoms with van der Waals surface area (Å²) >= 11 is 2.49. The normalized spacial score (nSPS) is 19.6. The molecule has 9 heteroatoms. The van der Waals surface area contributed by atoms with Crippen LogP contribution in [0.25, 0.3) is 0 Å². The molecule has 1 aromatic heterocycles. The molecule has 0 aromatic carbocycles. The summed E-state index contributed by atoms with van der Waals surface area (Å²) in [6.45, 7) is 0.